The molecule has 4 heteroatoms. The average Bonchev–Trinajstić information content (AvgIpc) is 2.60. The predicted octanol–water partition coefficient (Wildman–Crippen LogP) is 5.01. The van der Waals surface area contributed by atoms with E-state index in [1.807, 2.05) is 36.4 Å². The Bertz CT molecular complexity index is 840. The Balaban J connectivity index is 1.89. The molecule has 0 amide bonds. The molecule has 1 aromatic heterocycles. The van der Waals surface area contributed by atoms with Gasteiger partial charge >= 0.3 is 0 Å². The Labute approximate surface area is 143 Å². The number of alkyl halides is 1. The van der Waals surface area contributed by atoms with Crippen molar-refractivity contribution >= 4 is 26.9 Å². The van der Waals surface area contributed by atoms with E-state index in [1.54, 1.807) is 12.1 Å². The molecule has 0 atom stereocenters. The smallest absolute Gasteiger partial charge is 0.193 e. The fourth-order valence-electron chi connectivity index (χ4n) is 2.36. The monoisotopic (exact) mass is 372 g/mol. The van der Waals surface area contributed by atoms with Crippen LogP contribution >= 0.6 is 15.9 Å². The van der Waals surface area contributed by atoms with Gasteiger partial charge in [-0.15, -0.1) is 0 Å². The molecule has 0 N–H and O–H groups in total. The van der Waals surface area contributed by atoms with Gasteiger partial charge < -0.3 is 9.15 Å². The van der Waals surface area contributed by atoms with Crippen LogP contribution < -0.4 is 10.2 Å². The third-order valence-electron chi connectivity index (χ3n) is 3.55. The summed E-state index contributed by atoms with van der Waals surface area (Å²) in [6.07, 6.45) is 2.04. The molecular weight excluding hydrogens is 356 g/mol. The maximum atomic E-state index is 12.4. The summed E-state index contributed by atoms with van der Waals surface area (Å²) in [5.74, 6) is 1.28. The first-order valence-electron chi connectivity index (χ1n) is 7.60. The number of halogens is 1. The lowest BCUT2D eigenvalue weighted by Gasteiger charge is -2.07. The van der Waals surface area contributed by atoms with E-state index in [-0.39, 0.29) is 5.43 Å². The van der Waals surface area contributed by atoms with Crippen molar-refractivity contribution in [2.75, 3.05) is 11.9 Å². The molecule has 0 unspecified atom stereocenters. The van der Waals surface area contributed by atoms with Gasteiger partial charge in [-0.2, -0.15) is 0 Å². The molecule has 0 aliphatic heterocycles. The molecule has 0 bridgehead atoms. The highest BCUT2D eigenvalue weighted by atomic mass is 79.9. The van der Waals surface area contributed by atoms with Crippen LogP contribution in [0.1, 0.15) is 12.8 Å². The molecule has 2 aromatic carbocycles. The largest absolute Gasteiger partial charge is 0.494 e. The molecule has 0 saturated carbocycles. The van der Waals surface area contributed by atoms with E-state index in [0.29, 0.717) is 29.1 Å². The molecule has 1 heterocycles. The van der Waals surface area contributed by atoms with Gasteiger partial charge in [0.2, 0.25) is 0 Å². The molecule has 0 fully saturated rings. The van der Waals surface area contributed by atoms with E-state index in [9.17, 15) is 4.79 Å². The number of fused-ring (bicyclic) bond motifs is 1. The second-order valence-corrected chi connectivity index (χ2v) is 6.04. The maximum absolute atomic E-state index is 12.4. The van der Waals surface area contributed by atoms with Gasteiger partial charge in [0.15, 0.2) is 5.43 Å². The highest BCUT2D eigenvalue weighted by Gasteiger charge is 2.08. The minimum absolute atomic E-state index is 0.0592. The zero-order valence-corrected chi connectivity index (χ0v) is 14.2. The molecule has 3 aromatic rings. The van der Waals surface area contributed by atoms with E-state index in [1.165, 1.54) is 6.07 Å². The number of ether oxygens (including phenoxy) is 1. The molecule has 0 spiro atoms. The first kappa shape index (κ1) is 15.8. The van der Waals surface area contributed by atoms with Gasteiger partial charge in [-0.05, 0) is 31.0 Å². The van der Waals surface area contributed by atoms with E-state index in [4.69, 9.17) is 9.15 Å². The summed E-state index contributed by atoms with van der Waals surface area (Å²) in [7, 11) is 0. The quantitative estimate of drug-likeness (QED) is 0.450. The van der Waals surface area contributed by atoms with Gasteiger partial charge in [-0.25, -0.2) is 0 Å². The van der Waals surface area contributed by atoms with Crippen molar-refractivity contribution in [2.24, 2.45) is 0 Å². The summed E-state index contributed by atoms with van der Waals surface area (Å²) in [6, 6.07) is 16.5. The Kier molecular flexibility index (Phi) is 5.13. The van der Waals surface area contributed by atoms with Crippen LogP contribution in [0.5, 0.6) is 5.75 Å². The number of rotatable bonds is 6. The van der Waals surface area contributed by atoms with Crippen molar-refractivity contribution in [1.82, 2.24) is 0 Å². The summed E-state index contributed by atoms with van der Waals surface area (Å²) in [5.41, 5.74) is 1.40. The van der Waals surface area contributed by atoms with Crippen LogP contribution in [0.3, 0.4) is 0 Å². The highest BCUT2D eigenvalue weighted by Crippen LogP contribution is 2.24. The van der Waals surface area contributed by atoms with Crippen LogP contribution in [0.2, 0.25) is 0 Å². The van der Waals surface area contributed by atoms with Crippen LogP contribution in [0.25, 0.3) is 22.3 Å². The van der Waals surface area contributed by atoms with Crippen LogP contribution in [0.15, 0.2) is 63.8 Å². The van der Waals surface area contributed by atoms with Crippen molar-refractivity contribution in [2.45, 2.75) is 12.8 Å². The fraction of sp³-hybridized carbons (Fsp3) is 0.211. The molecule has 118 valence electrons. The van der Waals surface area contributed by atoms with Crippen molar-refractivity contribution in [3.8, 4) is 17.1 Å². The Hall–Kier alpha value is -2.07. The zero-order chi connectivity index (χ0) is 16.1. The minimum atomic E-state index is -0.0592. The van der Waals surface area contributed by atoms with Gasteiger partial charge in [0.05, 0.1) is 12.0 Å². The standard InChI is InChI=1S/C19H17BrO3/c20-10-4-5-11-22-15-8-9-18-16(12-15)17(21)13-19(23-18)14-6-2-1-3-7-14/h1-3,6-9,12-13H,4-5,10-11H2. The molecule has 0 aliphatic carbocycles. The molecule has 23 heavy (non-hydrogen) atoms. The Morgan fingerprint density at radius 2 is 1.83 bits per heavy atom. The minimum Gasteiger partial charge on any atom is -0.494 e. The van der Waals surface area contributed by atoms with Gasteiger partial charge in [-0.1, -0.05) is 46.3 Å². The van der Waals surface area contributed by atoms with Gasteiger partial charge in [0.1, 0.15) is 17.1 Å². The molecule has 3 nitrogen and oxygen atoms in total. The van der Waals surface area contributed by atoms with E-state index in [0.717, 1.165) is 23.7 Å². The van der Waals surface area contributed by atoms with Crippen molar-refractivity contribution in [1.29, 1.82) is 0 Å². The molecule has 0 aliphatic rings. The second kappa shape index (κ2) is 7.47. The normalized spacial score (nSPS) is 10.8. The van der Waals surface area contributed by atoms with Gasteiger partial charge in [0, 0.05) is 17.0 Å². The van der Waals surface area contributed by atoms with E-state index >= 15 is 0 Å². The Morgan fingerprint density at radius 3 is 2.61 bits per heavy atom. The van der Waals surface area contributed by atoms with Crippen molar-refractivity contribution in [3.63, 3.8) is 0 Å². The van der Waals surface area contributed by atoms with Crippen LogP contribution in [0.4, 0.5) is 0 Å². The molecule has 3 rings (SSSR count). The lowest BCUT2D eigenvalue weighted by molar-refractivity contribution is 0.310. The molecular formula is C19H17BrO3. The summed E-state index contributed by atoms with van der Waals surface area (Å²) in [4.78, 5) is 12.4. The lowest BCUT2D eigenvalue weighted by Crippen LogP contribution is -2.02. The second-order valence-electron chi connectivity index (χ2n) is 5.24. The highest BCUT2D eigenvalue weighted by molar-refractivity contribution is 9.09. The lowest BCUT2D eigenvalue weighted by atomic mass is 10.1. The number of benzene rings is 2. The summed E-state index contributed by atoms with van der Waals surface area (Å²) in [6.45, 7) is 0.643. The summed E-state index contributed by atoms with van der Waals surface area (Å²) >= 11 is 3.39. The zero-order valence-electron chi connectivity index (χ0n) is 12.6. The Morgan fingerprint density at radius 1 is 1.00 bits per heavy atom. The van der Waals surface area contributed by atoms with Crippen molar-refractivity contribution in [3.05, 3.63) is 64.8 Å². The number of hydrogen-bond donors (Lipinski definition) is 0. The number of unbranched alkanes of at least 4 members (excludes halogenated alkanes) is 1. The summed E-state index contributed by atoms with van der Waals surface area (Å²) < 4.78 is 11.5. The third kappa shape index (κ3) is 3.82. The first-order valence-corrected chi connectivity index (χ1v) is 8.72. The van der Waals surface area contributed by atoms with Crippen LogP contribution in [-0.2, 0) is 0 Å². The summed E-state index contributed by atoms with van der Waals surface area (Å²) in [5, 5.41) is 1.52. The molecule has 0 radical (unpaired) electrons. The first-order chi connectivity index (χ1) is 11.3. The van der Waals surface area contributed by atoms with Crippen LogP contribution in [0, 0.1) is 0 Å². The van der Waals surface area contributed by atoms with Gasteiger partial charge in [0.25, 0.3) is 0 Å². The van der Waals surface area contributed by atoms with Crippen LogP contribution in [-0.4, -0.2) is 11.9 Å². The topological polar surface area (TPSA) is 39.4 Å². The van der Waals surface area contributed by atoms with Crippen molar-refractivity contribution < 1.29 is 9.15 Å². The average molecular weight is 373 g/mol. The fourth-order valence-corrected chi connectivity index (χ4v) is 2.75. The third-order valence-corrected chi connectivity index (χ3v) is 4.11. The predicted molar refractivity (Wildman–Crippen MR) is 96.4 cm³/mol. The van der Waals surface area contributed by atoms with Gasteiger partial charge in [-0.3, -0.25) is 4.79 Å². The van der Waals surface area contributed by atoms with E-state index in [2.05, 4.69) is 15.9 Å². The SMILES string of the molecule is O=c1cc(-c2ccccc2)oc2ccc(OCCCCBr)cc12. The number of hydrogen-bond acceptors (Lipinski definition) is 3. The maximum Gasteiger partial charge on any atom is 0.193 e. The molecule has 0 saturated heterocycles. The van der Waals surface area contributed by atoms with E-state index < -0.39 is 0 Å².